The molecule has 11 heteroatoms. The average Bonchev–Trinajstić information content (AvgIpc) is 2.77. The van der Waals surface area contributed by atoms with Gasteiger partial charge in [0.05, 0.1) is 11.7 Å². The van der Waals surface area contributed by atoms with Gasteiger partial charge in [0.15, 0.2) is 11.4 Å². The number of aliphatic hydroxyl groups is 3. The van der Waals surface area contributed by atoms with Crippen molar-refractivity contribution in [3.8, 4) is 5.75 Å². The number of phenols is 1. The van der Waals surface area contributed by atoms with E-state index in [2.05, 4.69) is 5.48 Å². The minimum Gasteiger partial charge on any atom is -0.508 e. The maximum atomic E-state index is 13.6. The number of amides is 1. The van der Waals surface area contributed by atoms with E-state index in [1.807, 2.05) is 32.8 Å². The van der Waals surface area contributed by atoms with E-state index in [1.165, 1.54) is 0 Å². The maximum absolute atomic E-state index is 13.6. The fraction of sp³-hybridized carbons (Fsp3) is 0.500. The lowest BCUT2D eigenvalue weighted by atomic mass is 9.59. The summed E-state index contributed by atoms with van der Waals surface area (Å²) in [6, 6.07) is 1.77. The number of anilines is 1. The summed E-state index contributed by atoms with van der Waals surface area (Å²) in [5.41, 5.74) is 6.19. The van der Waals surface area contributed by atoms with E-state index in [1.54, 1.807) is 6.07 Å². The Morgan fingerprint density at radius 2 is 1.89 bits per heavy atom. The number of rotatable bonds is 6. The number of aromatic hydroxyl groups is 1. The molecule has 0 aromatic heterocycles. The lowest BCUT2D eigenvalue weighted by molar-refractivity contribution is -0.147. The van der Waals surface area contributed by atoms with Crippen LogP contribution in [-0.4, -0.2) is 63.7 Å². The number of hydroxylamine groups is 1. The third kappa shape index (κ3) is 4.26. The number of Topliss-reactive ketones (excluding diaryl/α,β-unsaturated/α-hetero) is 2. The number of carbonyl (C=O) groups excluding carboxylic acids is 3. The van der Waals surface area contributed by atoms with Crippen molar-refractivity contribution in [3.05, 3.63) is 39.7 Å². The molecule has 3 aliphatic carbocycles. The van der Waals surface area contributed by atoms with Crippen LogP contribution in [0.3, 0.4) is 0 Å². The first-order chi connectivity index (χ1) is 16.8. The molecule has 4 rings (SSSR count). The van der Waals surface area contributed by atoms with Crippen molar-refractivity contribution in [1.82, 2.24) is 5.48 Å². The highest BCUT2D eigenvalue weighted by molar-refractivity contribution is 6.22. The summed E-state index contributed by atoms with van der Waals surface area (Å²) in [5, 5.41) is 44.4. The first-order valence-corrected chi connectivity index (χ1v) is 11.7. The zero-order valence-corrected chi connectivity index (χ0v) is 20.6. The second-order valence-corrected chi connectivity index (χ2v) is 10.0. The molecule has 1 aromatic rings. The van der Waals surface area contributed by atoms with Gasteiger partial charge in [0.25, 0.3) is 5.91 Å². The molecule has 37 heavy (non-hydrogen) atoms. The van der Waals surface area contributed by atoms with Crippen LogP contribution in [0, 0.1) is 11.8 Å². The molecule has 0 aliphatic heterocycles. The number of fused-ring (bicyclic) bond motifs is 3. The Labute approximate surface area is 215 Å². The summed E-state index contributed by atoms with van der Waals surface area (Å²) in [4.78, 5) is 45.1. The monoisotopic (exact) mass is 517 g/mol. The van der Waals surface area contributed by atoms with Crippen LogP contribution in [0.2, 0.25) is 0 Å². The number of aliphatic hydroxyl groups excluding tert-OH is 2. The van der Waals surface area contributed by atoms with E-state index in [9.17, 15) is 34.8 Å². The Balaban J connectivity index is 0.00000380. The first-order valence-electron chi connectivity index (χ1n) is 11.7. The molecular weight excluding hydrogens is 482 g/mol. The third-order valence-corrected chi connectivity index (χ3v) is 7.18. The van der Waals surface area contributed by atoms with Gasteiger partial charge in [-0.15, -0.1) is 0 Å². The van der Waals surface area contributed by atoms with E-state index in [4.69, 9.17) is 10.6 Å². The lowest BCUT2D eigenvalue weighted by Crippen LogP contribution is -2.58. The molecule has 1 aromatic carbocycles. The second kappa shape index (κ2) is 9.81. The van der Waals surface area contributed by atoms with E-state index < -0.39 is 52.0 Å². The van der Waals surface area contributed by atoms with Crippen molar-refractivity contribution >= 4 is 28.9 Å². The summed E-state index contributed by atoms with van der Waals surface area (Å²) < 4.78 is 0. The predicted octanol–water partition coefficient (Wildman–Crippen LogP) is 1.56. The number of ketones is 2. The van der Waals surface area contributed by atoms with Crippen LogP contribution in [0.25, 0.3) is 5.76 Å². The Morgan fingerprint density at radius 3 is 2.46 bits per heavy atom. The summed E-state index contributed by atoms with van der Waals surface area (Å²) in [7, 11) is 3.62. The van der Waals surface area contributed by atoms with Crippen molar-refractivity contribution in [1.29, 1.82) is 0 Å². The fourth-order valence-electron chi connectivity index (χ4n) is 5.54. The van der Waals surface area contributed by atoms with Gasteiger partial charge in [-0.05, 0) is 44.2 Å². The quantitative estimate of drug-likeness (QED) is 0.239. The topological polar surface area (TPSA) is 183 Å². The average molecular weight is 518 g/mol. The number of primary amides is 1. The number of carbonyl (C=O) groups is 3. The Hall–Kier alpha value is -3.41. The van der Waals surface area contributed by atoms with Crippen molar-refractivity contribution in [2.24, 2.45) is 17.6 Å². The Bertz CT molecular complexity index is 1230. The van der Waals surface area contributed by atoms with E-state index in [0.717, 1.165) is 0 Å². The normalized spacial score (nSPS) is 24.9. The van der Waals surface area contributed by atoms with Gasteiger partial charge >= 0.3 is 0 Å². The SMILES string of the molecule is C.CC(C)ONCc1cc(N(C)C)c2c(c1O)C(O)=C1C(=O)[C@]3(O)C(O)=C(C(N)=O)C(=O)C[C@@H]3C[C@@H]1C2. The van der Waals surface area contributed by atoms with Gasteiger partial charge in [-0.3, -0.25) is 19.2 Å². The summed E-state index contributed by atoms with van der Waals surface area (Å²) in [5.74, 6) is -6.47. The molecule has 202 valence electrons. The standard InChI is InChI=1S/C25H31N3O8.CH4/c1-10(2)36-27-9-12-7-15(28(3)4)14-6-11-5-13-8-16(29)19(24(26)34)23(33)25(13,35)22(32)17(11)21(31)18(14)20(12)30;/h7,10-11,13,27,30-31,33,35H,5-6,8-9H2,1-4H3,(H2,26,34);1H4/t11-,13+,25+;/m1./s1. The number of nitrogens with one attached hydrogen (secondary N) is 1. The zero-order valence-electron chi connectivity index (χ0n) is 20.6. The van der Waals surface area contributed by atoms with Crippen LogP contribution in [-0.2, 0) is 32.2 Å². The van der Waals surface area contributed by atoms with Gasteiger partial charge in [0.1, 0.15) is 22.8 Å². The van der Waals surface area contributed by atoms with Crippen LogP contribution >= 0.6 is 0 Å². The van der Waals surface area contributed by atoms with Crippen LogP contribution in [0.1, 0.15) is 50.8 Å². The van der Waals surface area contributed by atoms with E-state index in [0.29, 0.717) is 16.8 Å². The van der Waals surface area contributed by atoms with E-state index in [-0.39, 0.29) is 56.2 Å². The molecule has 0 radical (unpaired) electrons. The highest BCUT2D eigenvalue weighted by Gasteiger charge is 2.60. The van der Waals surface area contributed by atoms with Crippen molar-refractivity contribution in [2.75, 3.05) is 19.0 Å². The Morgan fingerprint density at radius 1 is 1.24 bits per heavy atom. The molecule has 1 saturated carbocycles. The van der Waals surface area contributed by atoms with Gasteiger partial charge in [-0.25, -0.2) is 0 Å². The molecule has 0 unspecified atom stereocenters. The van der Waals surface area contributed by atoms with Crippen LogP contribution in [0.5, 0.6) is 5.75 Å². The molecule has 3 atom stereocenters. The number of nitrogens with two attached hydrogens (primary N) is 1. The van der Waals surface area contributed by atoms with Crippen LogP contribution < -0.4 is 16.1 Å². The maximum Gasteiger partial charge on any atom is 0.255 e. The number of hydrogen-bond donors (Lipinski definition) is 6. The molecular formula is C26H35N3O8. The summed E-state index contributed by atoms with van der Waals surface area (Å²) in [6.07, 6.45) is -0.140. The minimum absolute atomic E-state index is 0. The predicted molar refractivity (Wildman–Crippen MR) is 136 cm³/mol. The van der Waals surface area contributed by atoms with E-state index >= 15 is 0 Å². The van der Waals surface area contributed by atoms with Crippen LogP contribution in [0.15, 0.2) is 23.0 Å². The number of hydrogen-bond acceptors (Lipinski definition) is 10. The molecule has 3 aliphatic rings. The molecule has 0 spiro atoms. The summed E-state index contributed by atoms with van der Waals surface area (Å²) >= 11 is 0. The van der Waals surface area contributed by atoms with Crippen molar-refractivity contribution in [3.63, 3.8) is 0 Å². The molecule has 1 amide bonds. The smallest absolute Gasteiger partial charge is 0.255 e. The third-order valence-electron chi connectivity index (χ3n) is 7.18. The van der Waals surface area contributed by atoms with Crippen LogP contribution in [0.4, 0.5) is 5.69 Å². The highest BCUT2D eigenvalue weighted by Crippen LogP contribution is 2.53. The minimum atomic E-state index is -2.58. The number of phenolic OH excluding ortho intramolecular Hbond substituents is 1. The molecule has 0 saturated heterocycles. The Kier molecular flexibility index (Phi) is 7.46. The largest absolute Gasteiger partial charge is 0.508 e. The number of nitrogens with zero attached hydrogens (tertiary/aromatic N) is 1. The molecule has 0 heterocycles. The highest BCUT2D eigenvalue weighted by atomic mass is 16.7. The van der Waals surface area contributed by atoms with Gasteiger partial charge in [0, 0.05) is 49.8 Å². The van der Waals surface area contributed by atoms with Gasteiger partial charge in [-0.2, -0.15) is 5.48 Å². The van der Waals surface area contributed by atoms with Gasteiger partial charge < -0.3 is 31.1 Å². The zero-order chi connectivity index (χ0) is 26.7. The number of benzene rings is 1. The first kappa shape index (κ1) is 28.2. The second-order valence-electron chi connectivity index (χ2n) is 10.0. The van der Waals surface area contributed by atoms with Crippen molar-refractivity contribution in [2.45, 2.75) is 58.8 Å². The van der Waals surface area contributed by atoms with Gasteiger partial charge in [-0.1, -0.05) is 7.43 Å². The van der Waals surface area contributed by atoms with Gasteiger partial charge in [0.2, 0.25) is 5.78 Å². The molecule has 1 fully saturated rings. The summed E-state index contributed by atoms with van der Waals surface area (Å²) in [6.45, 7) is 3.78. The lowest BCUT2D eigenvalue weighted by Gasteiger charge is -2.46. The molecule has 0 bridgehead atoms. The molecule has 11 nitrogen and oxygen atoms in total. The molecule has 7 N–H and O–H groups in total. The van der Waals surface area contributed by atoms with Crippen molar-refractivity contribution < 1.29 is 39.6 Å². The fourth-order valence-corrected chi connectivity index (χ4v) is 5.54.